The molecule has 0 amide bonds. The number of fused-ring (bicyclic) bond motifs is 1. The van der Waals surface area contributed by atoms with Gasteiger partial charge in [0.15, 0.2) is 5.13 Å². The van der Waals surface area contributed by atoms with Crippen LogP contribution in [0, 0.1) is 0 Å². The summed E-state index contributed by atoms with van der Waals surface area (Å²) in [5, 5.41) is 11.4. The molecule has 7 nitrogen and oxygen atoms in total. The Hall–Kier alpha value is -3.10. The molecular weight excluding hydrogens is 360 g/mol. The van der Waals surface area contributed by atoms with Gasteiger partial charge in [0.1, 0.15) is 6.79 Å². The van der Waals surface area contributed by atoms with Gasteiger partial charge in [0, 0.05) is 36.3 Å². The van der Waals surface area contributed by atoms with Crippen molar-refractivity contribution in [2.45, 2.75) is 6.92 Å². The summed E-state index contributed by atoms with van der Waals surface area (Å²) in [7, 11) is 1.50. The second kappa shape index (κ2) is 10.1. The molecule has 0 radical (unpaired) electrons. The number of nitrogens with zero attached hydrogens (tertiary/aromatic N) is 3. The van der Waals surface area contributed by atoms with Crippen molar-refractivity contribution in [2.24, 2.45) is 5.73 Å². The highest BCUT2D eigenvalue weighted by molar-refractivity contribution is 7.22. The number of benzene rings is 1. The number of hydrogen-bond acceptors (Lipinski definition) is 7. The van der Waals surface area contributed by atoms with Gasteiger partial charge >= 0.3 is 0 Å². The van der Waals surface area contributed by atoms with Crippen LogP contribution in [0.2, 0.25) is 0 Å². The van der Waals surface area contributed by atoms with Crippen LogP contribution in [-0.2, 0) is 4.79 Å². The minimum absolute atomic E-state index is 0.856. The van der Waals surface area contributed by atoms with Gasteiger partial charge in [-0.3, -0.25) is 10.1 Å². The molecule has 4 rings (SSSR count). The first-order valence-corrected chi connectivity index (χ1v) is 9.12. The number of nitrogens with two attached hydrogens (primary N) is 1. The standard InChI is InChI=1S/C17H15N5S.CH5N.CH2O/c1-2-19-17-21-15-9-12(11-4-3-6-18-10-11)8-13(16(15)23-17)14-5-7-20-22-14;2*1-2/h3-10H,2H2,1H3,(H,19,21)(H,20,22);2H2,1H3;1H2. The van der Waals surface area contributed by atoms with Crippen molar-refractivity contribution >= 4 is 33.5 Å². The van der Waals surface area contributed by atoms with E-state index in [0.717, 1.165) is 44.3 Å². The molecule has 1 aromatic carbocycles. The van der Waals surface area contributed by atoms with Crippen molar-refractivity contribution in [3.63, 3.8) is 0 Å². The number of anilines is 1. The summed E-state index contributed by atoms with van der Waals surface area (Å²) in [6.45, 7) is 4.93. The molecule has 140 valence electrons. The van der Waals surface area contributed by atoms with Crippen LogP contribution in [0.25, 0.3) is 32.6 Å². The fraction of sp³-hybridized carbons (Fsp3) is 0.158. The predicted molar refractivity (Wildman–Crippen MR) is 112 cm³/mol. The number of nitrogens with one attached hydrogen (secondary N) is 2. The Balaban J connectivity index is 0.000000614. The largest absolute Gasteiger partial charge is 0.362 e. The van der Waals surface area contributed by atoms with Gasteiger partial charge in [0.05, 0.1) is 15.9 Å². The van der Waals surface area contributed by atoms with E-state index >= 15 is 0 Å². The zero-order valence-corrected chi connectivity index (χ0v) is 16.1. The maximum Gasteiger partial charge on any atom is 0.183 e. The molecule has 0 saturated carbocycles. The lowest BCUT2D eigenvalue weighted by Crippen LogP contribution is -1.94. The lowest BCUT2D eigenvalue weighted by Gasteiger charge is -2.05. The molecular formula is C19H22N6OS. The topological polar surface area (TPSA) is 110 Å². The predicted octanol–water partition coefficient (Wildman–Crippen LogP) is 3.57. The fourth-order valence-corrected chi connectivity index (χ4v) is 3.61. The highest BCUT2D eigenvalue weighted by atomic mass is 32.1. The van der Waals surface area contributed by atoms with Crippen molar-refractivity contribution in [1.29, 1.82) is 0 Å². The fourth-order valence-electron chi connectivity index (χ4n) is 2.57. The third kappa shape index (κ3) is 4.55. The lowest BCUT2D eigenvalue weighted by atomic mass is 10.0. The Bertz CT molecular complexity index is 953. The Labute approximate surface area is 161 Å². The highest BCUT2D eigenvalue weighted by Gasteiger charge is 2.13. The van der Waals surface area contributed by atoms with Crippen molar-refractivity contribution in [2.75, 3.05) is 18.9 Å². The summed E-state index contributed by atoms with van der Waals surface area (Å²) in [5.41, 5.74) is 9.77. The molecule has 4 N–H and O–H groups in total. The third-order valence-corrected chi connectivity index (χ3v) is 4.67. The third-order valence-electron chi connectivity index (χ3n) is 3.60. The minimum Gasteiger partial charge on any atom is -0.362 e. The van der Waals surface area contributed by atoms with Crippen LogP contribution in [0.4, 0.5) is 5.13 Å². The van der Waals surface area contributed by atoms with E-state index in [-0.39, 0.29) is 0 Å². The van der Waals surface area contributed by atoms with E-state index in [1.807, 2.05) is 25.1 Å². The van der Waals surface area contributed by atoms with Gasteiger partial charge in [-0.1, -0.05) is 17.4 Å². The second-order valence-electron chi connectivity index (χ2n) is 5.13. The molecule has 4 aromatic rings. The van der Waals surface area contributed by atoms with Crippen molar-refractivity contribution in [1.82, 2.24) is 20.2 Å². The molecule has 0 fully saturated rings. The van der Waals surface area contributed by atoms with E-state index < -0.39 is 0 Å². The summed E-state index contributed by atoms with van der Waals surface area (Å²) in [6.07, 6.45) is 5.42. The van der Waals surface area contributed by atoms with Crippen LogP contribution >= 0.6 is 11.3 Å². The molecule has 27 heavy (non-hydrogen) atoms. The zero-order valence-electron chi connectivity index (χ0n) is 15.3. The van der Waals surface area contributed by atoms with Crippen LogP contribution in [-0.4, -0.2) is 40.5 Å². The summed E-state index contributed by atoms with van der Waals surface area (Å²) in [6, 6.07) is 10.3. The molecule has 0 bridgehead atoms. The van der Waals surface area contributed by atoms with E-state index in [0.29, 0.717) is 0 Å². The van der Waals surface area contributed by atoms with Crippen LogP contribution in [0.3, 0.4) is 0 Å². The van der Waals surface area contributed by atoms with E-state index in [2.05, 4.69) is 51.4 Å². The SMILES string of the molecule is C=O.CCNc1nc2cc(-c3cccnc3)cc(-c3ccn[nH]3)c2s1.CN. The van der Waals surface area contributed by atoms with E-state index in [1.165, 1.54) is 7.05 Å². The molecule has 0 aliphatic heterocycles. The number of aromatic amines is 1. The van der Waals surface area contributed by atoms with Crippen LogP contribution in [0.5, 0.6) is 0 Å². The molecule has 3 aromatic heterocycles. The summed E-state index contributed by atoms with van der Waals surface area (Å²) in [4.78, 5) is 16.9. The van der Waals surface area contributed by atoms with E-state index in [4.69, 9.17) is 9.78 Å². The number of H-pyrrole nitrogens is 1. The number of rotatable bonds is 4. The first-order valence-electron chi connectivity index (χ1n) is 8.30. The van der Waals surface area contributed by atoms with Gasteiger partial charge in [-0.25, -0.2) is 4.98 Å². The van der Waals surface area contributed by atoms with Crippen LogP contribution in [0.1, 0.15) is 6.92 Å². The molecule has 0 aliphatic carbocycles. The molecule has 0 spiro atoms. The molecule has 0 saturated heterocycles. The Morgan fingerprint density at radius 3 is 2.63 bits per heavy atom. The summed E-state index contributed by atoms with van der Waals surface area (Å²) in [5.74, 6) is 0. The zero-order chi connectivity index (χ0) is 19.6. The Morgan fingerprint density at radius 1 is 1.19 bits per heavy atom. The number of aromatic nitrogens is 4. The monoisotopic (exact) mass is 382 g/mol. The number of carbonyl (C=O) groups is 1. The molecule has 0 atom stereocenters. The van der Waals surface area contributed by atoms with Gasteiger partial charge in [-0.2, -0.15) is 5.10 Å². The maximum absolute atomic E-state index is 8.00. The van der Waals surface area contributed by atoms with Crippen molar-refractivity contribution in [3.8, 4) is 22.4 Å². The average molecular weight is 382 g/mol. The van der Waals surface area contributed by atoms with Gasteiger partial charge in [0.2, 0.25) is 0 Å². The van der Waals surface area contributed by atoms with Gasteiger partial charge < -0.3 is 15.8 Å². The first-order chi connectivity index (χ1) is 13.3. The Morgan fingerprint density at radius 2 is 2.00 bits per heavy atom. The lowest BCUT2D eigenvalue weighted by molar-refractivity contribution is -0.0979. The average Bonchev–Trinajstić information content (AvgIpc) is 3.41. The summed E-state index contributed by atoms with van der Waals surface area (Å²) >= 11 is 1.66. The van der Waals surface area contributed by atoms with Crippen LogP contribution in [0.15, 0.2) is 48.9 Å². The molecule has 3 heterocycles. The second-order valence-corrected chi connectivity index (χ2v) is 6.13. The maximum atomic E-state index is 8.00. The molecule has 8 heteroatoms. The number of carbonyl (C=O) groups excluding carboxylic acids is 1. The quantitative estimate of drug-likeness (QED) is 0.498. The van der Waals surface area contributed by atoms with E-state index in [1.54, 1.807) is 23.7 Å². The van der Waals surface area contributed by atoms with E-state index in [9.17, 15) is 0 Å². The first kappa shape index (κ1) is 20.2. The summed E-state index contributed by atoms with van der Waals surface area (Å²) < 4.78 is 1.15. The van der Waals surface area contributed by atoms with Crippen molar-refractivity contribution < 1.29 is 4.79 Å². The number of pyridine rings is 1. The number of hydrogen-bond donors (Lipinski definition) is 3. The Kier molecular flexibility index (Phi) is 7.60. The van der Waals surface area contributed by atoms with Gasteiger partial charge in [-0.05, 0) is 43.8 Å². The smallest absolute Gasteiger partial charge is 0.183 e. The molecule has 0 aliphatic rings. The highest BCUT2D eigenvalue weighted by Crippen LogP contribution is 2.37. The minimum atomic E-state index is 0.856. The van der Waals surface area contributed by atoms with Gasteiger partial charge in [-0.15, -0.1) is 0 Å². The van der Waals surface area contributed by atoms with Gasteiger partial charge in [0.25, 0.3) is 0 Å². The molecule has 0 unspecified atom stereocenters. The normalized spacial score (nSPS) is 9.74. The van der Waals surface area contributed by atoms with Crippen molar-refractivity contribution in [3.05, 3.63) is 48.9 Å². The number of thiazole rings is 1. The van der Waals surface area contributed by atoms with Crippen LogP contribution < -0.4 is 11.1 Å².